The molecule has 0 radical (unpaired) electrons. The number of nitrogens with one attached hydrogen (secondary N) is 2. The molecule has 1 unspecified atom stereocenters. The van der Waals surface area contributed by atoms with E-state index in [9.17, 15) is 31.9 Å². The van der Waals surface area contributed by atoms with Gasteiger partial charge in [0.1, 0.15) is 12.1 Å². The minimum absolute atomic E-state index is 0.00426. The lowest BCUT2D eigenvalue weighted by molar-refractivity contribution is -0.137. The summed E-state index contributed by atoms with van der Waals surface area (Å²) >= 11 is 0. The molecule has 7 nitrogen and oxygen atoms in total. The molecule has 1 aliphatic heterocycles. The number of hydrogen-bond acceptors (Lipinski definition) is 4. The zero-order chi connectivity index (χ0) is 25.3. The third kappa shape index (κ3) is 5.18. The largest absolute Gasteiger partial charge is 0.472 e. The summed E-state index contributed by atoms with van der Waals surface area (Å²) in [5.74, 6) is -3.61. The second kappa shape index (κ2) is 9.24. The van der Waals surface area contributed by atoms with Gasteiger partial charge in [-0.05, 0) is 48.9 Å². The van der Waals surface area contributed by atoms with Gasteiger partial charge in [-0.15, -0.1) is 0 Å². The van der Waals surface area contributed by atoms with E-state index in [1.54, 1.807) is 13.0 Å². The molecule has 1 atom stereocenters. The van der Waals surface area contributed by atoms with Crippen LogP contribution in [0.5, 0.6) is 0 Å². The van der Waals surface area contributed by atoms with Gasteiger partial charge in [0.25, 0.3) is 5.91 Å². The third-order valence-corrected chi connectivity index (χ3v) is 5.51. The average molecular weight is 489 g/mol. The van der Waals surface area contributed by atoms with E-state index in [4.69, 9.17) is 4.42 Å². The van der Waals surface area contributed by atoms with E-state index >= 15 is 0 Å². The predicted octanol–water partition coefficient (Wildman–Crippen LogP) is 4.99. The standard InChI is InChI=1S/C24H19F4N3O4/c1-13-2-5-20(18(25)8-13)31-11-15(9-21(31)32)23(34)30-19-4-3-16(10-17(19)24(26,27)28)29-22(33)14-6-7-35-12-14/h2-8,10,12,15H,9,11H2,1H3,(H,29,33)(H,30,34). The molecule has 182 valence electrons. The van der Waals surface area contributed by atoms with Crippen LogP contribution in [-0.2, 0) is 15.8 Å². The van der Waals surface area contributed by atoms with Crippen molar-refractivity contribution in [2.75, 3.05) is 22.1 Å². The molecule has 2 heterocycles. The smallest absolute Gasteiger partial charge is 0.418 e. The number of nitrogens with zero attached hydrogens (tertiary/aromatic N) is 1. The first-order chi connectivity index (χ1) is 16.5. The van der Waals surface area contributed by atoms with Gasteiger partial charge in [0, 0.05) is 18.7 Å². The Labute approximate surface area is 196 Å². The van der Waals surface area contributed by atoms with Gasteiger partial charge in [0.2, 0.25) is 11.8 Å². The maximum Gasteiger partial charge on any atom is 0.418 e. The number of anilines is 3. The highest BCUT2D eigenvalue weighted by Crippen LogP contribution is 2.37. The van der Waals surface area contributed by atoms with Crippen molar-refractivity contribution in [2.24, 2.45) is 5.92 Å². The molecule has 0 aliphatic carbocycles. The molecule has 3 aromatic rings. The molecule has 0 spiro atoms. The minimum Gasteiger partial charge on any atom is -0.472 e. The minimum atomic E-state index is -4.85. The molecule has 1 aromatic heterocycles. The second-order valence-electron chi connectivity index (χ2n) is 8.07. The van der Waals surface area contributed by atoms with Crippen molar-refractivity contribution in [3.05, 3.63) is 77.5 Å². The molecule has 0 bridgehead atoms. The Morgan fingerprint density at radius 3 is 2.51 bits per heavy atom. The van der Waals surface area contributed by atoms with Gasteiger partial charge >= 0.3 is 6.18 Å². The topological polar surface area (TPSA) is 91.7 Å². The number of carbonyl (C=O) groups excluding carboxylic acids is 3. The number of carbonyl (C=O) groups is 3. The monoisotopic (exact) mass is 489 g/mol. The second-order valence-corrected chi connectivity index (χ2v) is 8.07. The molecule has 35 heavy (non-hydrogen) atoms. The number of furan rings is 1. The maximum absolute atomic E-state index is 14.3. The lowest BCUT2D eigenvalue weighted by atomic mass is 10.1. The van der Waals surface area contributed by atoms with E-state index in [0.29, 0.717) is 11.6 Å². The van der Waals surface area contributed by atoms with Crippen molar-refractivity contribution >= 4 is 34.8 Å². The number of amides is 3. The number of halogens is 4. The van der Waals surface area contributed by atoms with E-state index in [1.165, 1.54) is 30.5 Å². The van der Waals surface area contributed by atoms with Gasteiger partial charge in [-0.1, -0.05) is 6.07 Å². The number of rotatable bonds is 5. The van der Waals surface area contributed by atoms with Crippen LogP contribution in [0.3, 0.4) is 0 Å². The maximum atomic E-state index is 14.3. The van der Waals surface area contributed by atoms with Gasteiger partial charge < -0.3 is 20.0 Å². The van der Waals surface area contributed by atoms with Crippen LogP contribution in [0.4, 0.5) is 34.6 Å². The Balaban J connectivity index is 1.51. The van der Waals surface area contributed by atoms with Gasteiger partial charge in [-0.3, -0.25) is 14.4 Å². The van der Waals surface area contributed by atoms with E-state index in [-0.39, 0.29) is 29.9 Å². The summed E-state index contributed by atoms with van der Waals surface area (Å²) in [5, 5.41) is 4.56. The zero-order valence-corrected chi connectivity index (χ0v) is 18.3. The van der Waals surface area contributed by atoms with Crippen LogP contribution in [0, 0.1) is 18.7 Å². The summed E-state index contributed by atoms with van der Waals surface area (Å²) < 4.78 is 60.2. The highest BCUT2D eigenvalue weighted by Gasteiger charge is 2.38. The first kappa shape index (κ1) is 24.0. The third-order valence-electron chi connectivity index (χ3n) is 5.51. The van der Waals surface area contributed by atoms with Crippen LogP contribution in [-0.4, -0.2) is 24.3 Å². The highest BCUT2D eigenvalue weighted by atomic mass is 19.4. The average Bonchev–Trinajstić information content (AvgIpc) is 3.44. The molecule has 2 aromatic carbocycles. The molecule has 1 aliphatic rings. The first-order valence-corrected chi connectivity index (χ1v) is 10.4. The summed E-state index contributed by atoms with van der Waals surface area (Å²) in [5.41, 5.74) is -1.08. The Kier molecular flexibility index (Phi) is 6.33. The van der Waals surface area contributed by atoms with Crippen molar-refractivity contribution in [3.8, 4) is 0 Å². The molecule has 0 saturated carbocycles. The highest BCUT2D eigenvalue weighted by molar-refractivity contribution is 6.05. The van der Waals surface area contributed by atoms with E-state index in [1.807, 2.05) is 0 Å². The predicted molar refractivity (Wildman–Crippen MR) is 118 cm³/mol. The van der Waals surface area contributed by atoms with E-state index in [2.05, 4.69) is 10.6 Å². The Morgan fingerprint density at radius 1 is 1.09 bits per heavy atom. The normalized spacial score (nSPS) is 15.9. The van der Waals surface area contributed by atoms with Crippen LogP contribution in [0.2, 0.25) is 0 Å². The molecule has 2 N–H and O–H groups in total. The molecule has 1 fully saturated rings. The van der Waals surface area contributed by atoms with Crippen LogP contribution >= 0.6 is 0 Å². The van der Waals surface area contributed by atoms with E-state index in [0.717, 1.165) is 17.2 Å². The lowest BCUT2D eigenvalue weighted by Crippen LogP contribution is -2.29. The molecule has 4 rings (SSSR count). The Hall–Kier alpha value is -4.15. The summed E-state index contributed by atoms with van der Waals surface area (Å²) in [4.78, 5) is 38.4. The number of alkyl halides is 3. The fourth-order valence-electron chi connectivity index (χ4n) is 3.74. The fourth-order valence-corrected chi connectivity index (χ4v) is 3.74. The molecule has 3 amide bonds. The van der Waals surface area contributed by atoms with E-state index < -0.39 is 46.9 Å². The lowest BCUT2D eigenvalue weighted by Gasteiger charge is -2.19. The van der Waals surface area contributed by atoms with Crippen LogP contribution in [0.15, 0.2) is 59.4 Å². The van der Waals surface area contributed by atoms with Crippen molar-refractivity contribution in [1.29, 1.82) is 0 Å². The van der Waals surface area contributed by atoms with Crippen LogP contribution in [0.1, 0.15) is 27.9 Å². The van der Waals surface area contributed by atoms with Crippen molar-refractivity contribution < 1.29 is 36.4 Å². The van der Waals surface area contributed by atoms with Gasteiger partial charge in [-0.2, -0.15) is 13.2 Å². The molecular formula is C24H19F4N3O4. The molecule has 1 saturated heterocycles. The Morgan fingerprint density at radius 2 is 1.86 bits per heavy atom. The summed E-state index contributed by atoms with van der Waals surface area (Å²) in [6.45, 7) is 1.51. The fraction of sp³-hybridized carbons (Fsp3) is 0.208. The van der Waals surface area contributed by atoms with Crippen molar-refractivity contribution in [2.45, 2.75) is 19.5 Å². The molecular weight excluding hydrogens is 470 g/mol. The van der Waals surface area contributed by atoms with Crippen LogP contribution < -0.4 is 15.5 Å². The molecule has 11 heteroatoms. The summed E-state index contributed by atoms with van der Waals surface area (Å²) in [7, 11) is 0. The van der Waals surface area contributed by atoms with Crippen LogP contribution in [0.25, 0.3) is 0 Å². The van der Waals surface area contributed by atoms with Gasteiger partial charge in [0.05, 0.1) is 34.7 Å². The van der Waals surface area contributed by atoms with Crippen molar-refractivity contribution in [1.82, 2.24) is 0 Å². The number of benzene rings is 2. The first-order valence-electron chi connectivity index (χ1n) is 10.4. The SMILES string of the molecule is Cc1ccc(N2CC(C(=O)Nc3ccc(NC(=O)c4ccoc4)cc3C(F)(F)F)CC2=O)c(F)c1. The van der Waals surface area contributed by atoms with Gasteiger partial charge in [0.15, 0.2) is 0 Å². The summed E-state index contributed by atoms with van der Waals surface area (Å²) in [6, 6.07) is 8.54. The van der Waals surface area contributed by atoms with Gasteiger partial charge in [-0.25, -0.2) is 4.39 Å². The zero-order valence-electron chi connectivity index (χ0n) is 18.3. The quantitative estimate of drug-likeness (QED) is 0.494. The summed E-state index contributed by atoms with van der Waals surface area (Å²) in [6.07, 6.45) is -2.74. The number of hydrogen-bond donors (Lipinski definition) is 2. The Bertz CT molecular complexity index is 1290. The number of aryl methyl sites for hydroxylation is 1. The van der Waals surface area contributed by atoms with Crippen molar-refractivity contribution in [3.63, 3.8) is 0 Å².